The van der Waals surface area contributed by atoms with Crippen LogP contribution in [0.1, 0.15) is 77.3 Å². The van der Waals surface area contributed by atoms with E-state index in [1.165, 1.54) is 19.1 Å². The Morgan fingerprint density at radius 1 is 0.921 bits per heavy atom. The van der Waals surface area contributed by atoms with Crippen molar-refractivity contribution in [3.8, 4) is 17.2 Å². The number of cyclic esters (lactones) is 2. The van der Waals surface area contributed by atoms with Gasteiger partial charge in [0.25, 0.3) is 0 Å². The smallest absolute Gasteiger partial charge is 0.342 e. The van der Waals surface area contributed by atoms with Crippen molar-refractivity contribution in [2.75, 3.05) is 6.61 Å². The number of rotatable bonds is 1. The summed E-state index contributed by atoms with van der Waals surface area (Å²) in [5.74, 6) is -4.95. The van der Waals surface area contributed by atoms with Gasteiger partial charge in [0.2, 0.25) is 0 Å². The fourth-order valence-corrected chi connectivity index (χ4v) is 7.15. The third-order valence-corrected chi connectivity index (χ3v) is 8.37. The number of aromatic hydroxyl groups is 3. The van der Waals surface area contributed by atoms with Gasteiger partial charge in [0.1, 0.15) is 47.7 Å². The third-order valence-electron chi connectivity index (χ3n) is 8.37. The first kappa shape index (κ1) is 22.6. The second kappa shape index (κ2) is 6.83. The van der Waals surface area contributed by atoms with Crippen LogP contribution in [0.25, 0.3) is 10.8 Å². The molecule has 4 aliphatic rings. The fourth-order valence-electron chi connectivity index (χ4n) is 7.15. The van der Waals surface area contributed by atoms with E-state index in [0.29, 0.717) is 22.1 Å². The van der Waals surface area contributed by atoms with Gasteiger partial charge < -0.3 is 29.5 Å². The lowest BCUT2D eigenvalue weighted by Gasteiger charge is -2.44. The van der Waals surface area contributed by atoms with E-state index in [0.717, 1.165) is 0 Å². The molecule has 3 aromatic rings. The number of carbonyl (C=O) groups is 4. The third kappa shape index (κ3) is 2.30. The van der Waals surface area contributed by atoms with Gasteiger partial charge >= 0.3 is 17.9 Å². The van der Waals surface area contributed by atoms with Gasteiger partial charge in [-0.3, -0.25) is 9.59 Å². The first-order valence-electron chi connectivity index (χ1n) is 12.0. The quantitative estimate of drug-likeness (QED) is 0.325. The zero-order valence-electron chi connectivity index (χ0n) is 20.4. The molecule has 3 atom stereocenters. The van der Waals surface area contributed by atoms with Gasteiger partial charge in [-0.25, -0.2) is 9.59 Å². The second-order valence-corrected chi connectivity index (χ2v) is 10.3. The Morgan fingerprint density at radius 2 is 1.58 bits per heavy atom. The summed E-state index contributed by atoms with van der Waals surface area (Å²) in [5, 5.41) is 34.0. The molecule has 0 radical (unpaired) electrons. The van der Waals surface area contributed by atoms with Crippen LogP contribution in [0.2, 0.25) is 0 Å². The Kier molecular flexibility index (Phi) is 4.06. The molecule has 10 nitrogen and oxygen atoms in total. The van der Waals surface area contributed by atoms with Gasteiger partial charge in [0.15, 0.2) is 5.78 Å². The molecule has 38 heavy (non-hydrogen) atoms. The molecule has 2 heterocycles. The van der Waals surface area contributed by atoms with Crippen molar-refractivity contribution in [1.82, 2.24) is 0 Å². The average Bonchev–Trinajstić information content (AvgIpc) is 3.04. The van der Waals surface area contributed by atoms with Crippen molar-refractivity contribution in [1.29, 1.82) is 0 Å². The molecule has 10 heteroatoms. The molecule has 3 aromatic carbocycles. The standard InChI is InChI=1S/C28H20O10/c1-8-4-12(30)17-16-11(6-36-26(17)34)23(32)22-19(14(8)16)20-24(33)15-9(2)5-13(31)18-21(15)28(22,7-37-27(18)35)25(20)38-10(3)29/h4-5,20,25,30-32H,6-7H2,1-3H3/t20-,25+,28-/m0/s1. The summed E-state index contributed by atoms with van der Waals surface area (Å²) >= 11 is 0. The molecule has 1 spiro atoms. The van der Waals surface area contributed by atoms with Crippen LogP contribution in [-0.4, -0.2) is 51.7 Å². The van der Waals surface area contributed by atoms with E-state index in [-0.39, 0.29) is 63.5 Å². The molecule has 2 aliphatic carbocycles. The SMILES string of the molecule is CC(=O)O[C@@H]1[C@@H]2C(=O)c3c(C)cc(O)c4c3[C@@]1(COC4=O)c1c(O)c3c4c(c(O)cc(C)c4c12)C(=O)OC3. The summed E-state index contributed by atoms with van der Waals surface area (Å²) < 4.78 is 16.6. The highest BCUT2D eigenvalue weighted by atomic mass is 16.6. The van der Waals surface area contributed by atoms with Crippen molar-refractivity contribution >= 4 is 34.5 Å². The van der Waals surface area contributed by atoms with Crippen molar-refractivity contribution in [2.24, 2.45) is 0 Å². The molecule has 2 bridgehead atoms. The molecule has 0 amide bonds. The molecule has 192 valence electrons. The lowest BCUT2D eigenvalue weighted by molar-refractivity contribution is -0.150. The summed E-state index contributed by atoms with van der Waals surface area (Å²) in [7, 11) is 0. The van der Waals surface area contributed by atoms with Crippen molar-refractivity contribution in [2.45, 2.75) is 44.8 Å². The van der Waals surface area contributed by atoms with Gasteiger partial charge in [-0.2, -0.15) is 0 Å². The summed E-state index contributed by atoms with van der Waals surface area (Å²) in [6.07, 6.45) is -1.22. The average molecular weight is 516 g/mol. The molecule has 0 unspecified atom stereocenters. The first-order valence-corrected chi connectivity index (χ1v) is 12.0. The number of hydrogen-bond donors (Lipinski definition) is 3. The molecule has 2 aliphatic heterocycles. The van der Waals surface area contributed by atoms with E-state index in [4.69, 9.17) is 14.2 Å². The molecule has 0 aromatic heterocycles. The predicted octanol–water partition coefficient (Wildman–Crippen LogP) is 2.93. The maximum absolute atomic E-state index is 14.3. The van der Waals surface area contributed by atoms with Crippen LogP contribution in [0.3, 0.4) is 0 Å². The number of esters is 3. The largest absolute Gasteiger partial charge is 0.507 e. The minimum Gasteiger partial charge on any atom is -0.507 e. The zero-order valence-corrected chi connectivity index (χ0v) is 20.4. The summed E-state index contributed by atoms with van der Waals surface area (Å²) in [5.41, 5.74) is 0.108. The van der Waals surface area contributed by atoms with Crippen molar-refractivity contribution < 1.29 is 48.7 Å². The number of ether oxygens (including phenoxy) is 3. The van der Waals surface area contributed by atoms with Crippen LogP contribution < -0.4 is 0 Å². The van der Waals surface area contributed by atoms with E-state index >= 15 is 0 Å². The van der Waals surface area contributed by atoms with Crippen molar-refractivity contribution in [3.63, 3.8) is 0 Å². The van der Waals surface area contributed by atoms with Gasteiger partial charge in [-0.05, 0) is 53.6 Å². The monoisotopic (exact) mass is 516 g/mol. The van der Waals surface area contributed by atoms with Crippen LogP contribution in [0.5, 0.6) is 17.2 Å². The van der Waals surface area contributed by atoms with Crippen LogP contribution in [0.15, 0.2) is 12.1 Å². The maximum atomic E-state index is 14.3. The number of benzene rings is 3. The van der Waals surface area contributed by atoms with Gasteiger partial charge in [0, 0.05) is 29.0 Å². The lowest BCUT2D eigenvalue weighted by atomic mass is 9.63. The molecule has 0 fully saturated rings. The molecular formula is C28H20O10. The highest BCUT2D eigenvalue weighted by molar-refractivity contribution is 6.18. The Bertz CT molecular complexity index is 1750. The number of carbonyl (C=O) groups excluding carboxylic acids is 4. The van der Waals surface area contributed by atoms with Gasteiger partial charge in [0.05, 0.1) is 11.3 Å². The number of ketones is 1. The second-order valence-electron chi connectivity index (χ2n) is 10.3. The van der Waals surface area contributed by atoms with Crippen LogP contribution in [0.4, 0.5) is 0 Å². The van der Waals surface area contributed by atoms with E-state index in [2.05, 4.69) is 0 Å². The zero-order chi connectivity index (χ0) is 27.0. The highest BCUT2D eigenvalue weighted by Crippen LogP contribution is 2.65. The number of hydrogen-bond acceptors (Lipinski definition) is 10. The van der Waals surface area contributed by atoms with Crippen LogP contribution >= 0.6 is 0 Å². The summed E-state index contributed by atoms with van der Waals surface area (Å²) in [6.45, 7) is 3.83. The minimum absolute atomic E-state index is 0.137. The van der Waals surface area contributed by atoms with Gasteiger partial charge in [-0.1, -0.05) is 0 Å². The summed E-state index contributed by atoms with van der Waals surface area (Å²) in [6, 6.07) is 2.70. The number of aryl methyl sites for hydroxylation is 2. The normalized spacial score (nSPS) is 24.0. The van der Waals surface area contributed by atoms with Gasteiger partial charge in [-0.15, -0.1) is 0 Å². The summed E-state index contributed by atoms with van der Waals surface area (Å²) in [4.78, 5) is 52.3. The van der Waals surface area contributed by atoms with E-state index < -0.39 is 46.9 Å². The fraction of sp³-hybridized carbons (Fsp3) is 0.286. The Balaban J connectivity index is 1.75. The van der Waals surface area contributed by atoms with Crippen LogP contribution in [0, 0.1) is 13.8 Å². The molecule has 7 rings (SSSR count). The molecule has 3 N–H and O–H groups in total. The number of fused-ring (bicyclic) bond motifs is 4. The predicted molar refractivity (Wildman–Crippen MR) is 128 cm³/mol. The number of Topliss-reactive ketones (excluding diaryl/α,β-unsaturated/α-hetero) is 1. The van der Waals surface area contributed by atoms with E-state index in [9.17, 15) is 34.5 Å². The van der Waals surface area contributed by atoms with E-state index in [1.807, 2.05) is 0 Å². The lowest BCUT2D eigenvalue weighted by Crippen LogP contribution is -2.54. The topological polar surface area (TPSA) is 157 Å². The Morgan fingerprint density at radius 3 is 2.29 bits per heavy atom. The molecule has 0 saturated heterocycles. The Labute approximate surface area is 214 Å². The number of phenols is 3. The maximum Gasteiger partial charge on any atom is 0.342 e. The Hall–Kier alpha value is -4.60. The molecule has 0 saturated carbocycles. The van der Waals surface area contributed by atoms with Crippen molar-refractivity contribution in [3.05, 3.63) is 62.2 Å². The molecular weight excluding hydrogens is 496 g/mol. The van der Waals surface area contributed by atoms with Crippen LogP contribution in [-0.2, 0) is 31.0 Å². The minimum atomic E-state index is -1.53. The first-order chi connectivity index (χ1) is 18.0. The highest BCUT2D eigenvalue weighted by Gasteiger charge is 2.67. The number of phenolic OH excluding ortho intramolecular Hbond substituents is 3. The van der Waals surface area contributed by atoms with E-state index in [1.54, 1.807) is 13.8 Å².